The number of benzene rings is 1. The molecule has 0 radical (unpaired) electrons. The van der Waals surface area contributed by atoms with Gasteiger partial charge in [-0.1, -0.05) is 12.1 Å². The first-order chi connectivity index (χ1) is 11.1. The van der Waals surface area contributed by atoms with E-state index in [1.54, 1.807) is 25.1 Å². The Morgan fingerprint density at radius 2 is 2.04 bits per heavy atom. The van der Waals surface area contributed by atoms with Crippen molar-refractivity contribution in [3.8, 4) is 0 Å². The zero-order chi connectivity index (χ0) is 16.7. The quantitative estimate of drug-likeness (QED) is 0.648. The molecule has 0 aromatic heterocycles. The number of nitrogens with one attached hydrogen (secondary N) is 1. The summed E-state index contributed by atoms with van der Waals surface area (Å²) in [7, 11) is 0. The monoisotopic (exact) mass is 318 g/mol. The maximum atomic E-state index is 12.8. The lowest BCUT2D eigenvalue weighted by atomic mass is 10.1. The first kappa shape index (κ1) is 17.2. The molecular formula is C18H23FN2O2. The Morgan fingerprint density at radius 3 is 2.74 bits per heavy atom. The van der Waals surface area contributed by atoms with Crippen molar-refractivity contribution in [1.29, 1.82) is 0 Å². The minimum Gasteiger partial charge on any atom is -0.352 e. The van der Waals surface area contributed by atoms with Crippen LogP contribution in [0.15, 0.2) is 29.8 Å². The smallest absolute Gasteiger partial charge is 0.246 e. The van der Waals surface area contributed by atoms with E-state index in [4.69, 9.17) is 0 Å². The number of carbonyl (C=O) groups excluding carboxylic acids is 2. The molecule has 0 spiro atoms. The van der Waals surface area contributed by atoms with Gasteiger partial charge in [0.2, 0.25) is 11.8 Å². The average molecular weight is 318 g/mol. The summed E-state index contributed by atoms with van der Waals surface area (Å²) < 4.78 is 12.8. The third-order valence-corrected chi connectivity index (χ3v) is 3.92. The second kappa shape index (κ2) is 8.46. The van der Waals surface area contributed by atoms with Gasteiger partial charge in [-0.15, -0.1) is 0 Å². The SMILES string of the molecule is C/C(=C/c1ccc(F)cc1)C(=O)NCCCN1CCCCC1=O. The van der Waals surface area contributed by atoms with Crippen LogP contribution in [0, 0.1) is 5.82 Å². The largest absolute Gasteiger partial charge is 0.352 e. The number of hydrogen-bond donors (Lipinski definition) is 1. The van der Waals surface area contributed by atoms with E-state index in [0.29, 0.717) is 25.1 Å². The fraction of sp³-hybridized carbons (Fsp3) is 0.444. The van der Waals surface area contributed by atoms with Crippen molar-refractivity contribution < 1.29 is 14.0 Å². The summed E-state index contributed by atoms with van der Waals surface area (Å²) in [4.78, 5) is 25.5. The van der Waals surface area contributed by atoms with Gasteiger partial charge < -0.3 is 10.2 Å². The summed E-state index contributed by atoms with van der Waals surface area (Å²) in [6.45, 7) is 3.79. The highest BCUT2D eigenvalue weighted by molar-refractivity contribution is 5.97. The van der Waals surface area contributed by atoms with Gasteiger partial charge in [-0.2, -0.15) is 0 Å². The lowest BCUT2D eigenvalue weighted by molar-refractivity contribution is -0.133. The number of amides is 2. The number of halogens is 1. The second-order valence-electron chi connectivity index (χ2n) is 5.83. The Kier molecular flexibility index (Phi) is 6.32. The number of carbonyl (C=O) groups is 2. The van der Waals surface area contributed by atoms with E-state index in [-0.39, 0.29) is 17.6 Å². The molecule has 0 saturated carbocycles. The normalized spacial score (nSPS) is 15.7. The van der Waals surface area contributed by atoms with E-state index in [9.17, 15) is 14.0 Å². The van der Waals surface area contributed by atoms with Crippen molar-refractivity contribution in [2.75, 3.05) is 19.6 Å². The molecule has 1 aromatic carbocycles. The topological polar surface area (TPSA) is 49.4 Å². The fourth-order valence-corrected chi connectivity index (χ4v) is 2.58. The van der Waals surface area contributed by atoms with E-state index in [1.807, 2.05) is 4.90 Å². The summed E-state index contributed by atoms with van der Waals surface area (Å²) in [5.41, 5.74) is 1.36. The molecule has 2 rings (SSSR count). The standard InChI is InChI=1S/C18H23FN2O2/c1-14(13-15-6-8-16(19)9-7-15)18(23)20-10-4-12-21-11-3-2-5-17(21)22/h6-9,13H,2-5,10-12H2,1H3,(H,20,23)/b14-13-. The van der Waals surface area contributed by atoms with Gasteiger partial charge in [-0.25, -0.2) is 4.39 Å². The number of piperidine rings is 1. The summed E-state index contributed by atoms with van der Waals surface area (Å²) in [6.07, 6.45) is 5.17. The first-order valence-electron chi connectivity index (χ1n) is 8.06. The van der Waals surface area contributed by atoms with E-state index < -0.39 is 0 Å². The Hall–Kier alpha value is -2.17. The molecule has 1 aliphatic heterocycles. The van der Waals surface area contributed by atoms with Crippen molar-refractivity contribution in [3.05, 3.63) is 41.2 Å². The molecular weight excluding hydrogens is 295 g/mol. The van der Waals surface area contributed by atoms with Crippen LogP contribution in [0.3, 0.4) is 0 Å². The molecule has 0 aliphatic carbocycles. The van der Waals surface area contributed by atoms with E-state index in [0.717, 1.165) is 31.4 Å². The van der Waals surface area contributed by atoms with Crippen LogP contribution in [0.2, 0.25) is 0 Å². The Balaban J connectivity index is 1.73. The molecule has 5 heteroatoms. The van der Waals surface area contributed by atoms with Crippen LogP contribution in [0.25, 0.3) is 6.08 Å². The lowest BCUT2D eigenvalue weighted by Gasteiger charge is -2.26. The summed E-state index contributed by atoms with van der Waals surface area (Å²) in [5, 5.41) is 2.85. The highest BCUT2D eigenvalue weighted by atomic mass is 19.1. The van der Waals surface area contributed by atoms with E-state index in [2.05, 4.69) is 5.32 Å². The van der Waals surface area contributed by atoms with Crippen molar-refractivity contribution in [2.45, 2.75) is 32.6 Å². The Bertz CT molecular complexity index is 581. The molecule has 1 heterocycles. The predicted molar refractivity (Wildman–Crippen MR) is 88.1 cm³/mol. The van der Waals surface area contributed by atoms with Crippen LogP contribution in [0.5, 0.6) is 0 Å². The molecule has 0 bridgehead atoms. The Morgan fingerprint density at radius 1 is 1.30 bits per heavy atom. The molecule has 4 nitrogen and oxygen atoms in total. The zero-order valence-electron chi connectivity index (χ0n) is 13.5. The molecule has 1 aliphatic rings. The van der Waals surface area contributed by atoms with Crippen molar-refractivity contribution in [1.82, 2.24) is 10.2 Å². The molecule has 23 heavy (non-hydrogen) atoms. The first-order valence-corrected chi connectivity index (χ1v) is 8.06. The average Bonchev–Trinajstić information content (AvgIpc) is 2.55. The third kappa shape index (κ3) is 5.51. The second-order valence-corrected chi connectivity index (χ2v) is 5.83. The van der Waals surface area contributed by atoms with Crippen LogP contribution in [-0.4, -0.2) is 36.3 Å². The van der Waals surface area contributed by atoms with E-state index >= 15 is 0 Å². The number of hydrogen-bond acceptors (Lipinski definition) is 2. The highest BCUT2D eigenvalue weighted by Crippen LogP contribution is 2.11. The van der Waals surface area contributed by atoms with Crippen LogP contribution in [0.4, 0.5) is 4.39 Å². The molecule has 124 valence electrons. The van der Waals surface area contributed by atoms with Gasteiger partial charge in [0.1, 0.15) is 5.82 Å². The van der Waals surface area contributed by atoms with Crippen LogP contribution in [-0.2, 0) is 9.59 Å². The van der Waals surface area contributed by atoms with Gasteiger partial charge in [0, 0.05) is 31.6 Å². The van der Waals surface area contributed by atoms with Gasteiger partial charge in [-0.05, 0) is 50.0 Å². The predicted octanol–water partition coefficient (Wildman–Crippen LogP) is 2.75. The zero-order valence-corrected chi connectivity index (χ0v) is 13.5. The summed E-state index contributed by atoms with van der Waals surface area (Å²) >= 11 is 0. The summed E-state index contributed by atoms with van der Waals surface area (Å²) in [6, 6.07) is 6.00. The van der Waals surface area contributed by atoms with Crippen molar-refractivity contribution in [3.63, 3.8) is 0 Å². The molecule has 1 saturated heterocycles. The van der Waals surface area contributed by atoms with Crippen molar-refractivity contribution in [2.24, 2.45) is 0 Å². The fourth-order valence-electron chi connectivity index (χ4n) is 2.58. The molecule has 1 fully saturated rings. The third-order valence-electron chi connectivity index (χ3n) is 3.92. The number of nitrogens with zero attached hydrogens (tertiary/aromatic N) is 1. The van der Waals surface area contributed by atoms with E-state index in [1.165, 1.54) is 12.1 Å². The maximum Gasteiger partial charge on any atom is 0.246 e. The van der Waals surface area contributed by atoms with Crippen LogP contribution < -0.4 is 5.32 Å². The Labute approximate surface area is 136 Å². The van der Waals surface area contributed by atoms with Gasteiger partial charge in [0.15, 0.2) is 0 Å². The van der Waals surface area contributed by atoms with Crippen molar-refractivity contribution >= 4 is 17.9 Å². The molecule has 1 N–H and O–H groups in total. The van der Waals surface area contributed by atoms with Gasteiger partial charge >= 0.3 is 0 Å². The molecule has 1 aromatic rings. The minimum absolute atomic E-state index is 0.140. The highest BCUT2D eigenvalue weighted by Gasteiger charge is 2.17. The molecule has 2 amide bonds. The maximum absolute atomic E-state index is 12.8. The van der Waals surface area contributed by atoms with Gasteiger partial charge in [0.25, 0.3) is 0 Å². The lowest BCUT2D eigenvalue weighted by Crippen LogP contribution is -2.37. The minimum atomic E-state index is -0.295. The van der Waals surface area contributed by atoms with Gasteiger partial charge in [0.05, 0.1) is 0 Å². The summed E-state index contributed by atoms with van der Waals surface area (Å²) in [5.74, 6) is -0.217. The molecule has 0 unspecified atom stereocenters. The van der Waals surface area contributed by atoms with Gasteiger partial charge in [-0.3, -0.25) is 9.59 Å². The van der Waals surface area contributed by atoms with Crippen LogP contribution >= 0.6 is 0 Å². The number of likely N-dealkylation sites (tertiary alicyclic amines) is 1. The molecule has 0 atom stereocenters. The number of rotatable bonds is 6. The van der Waals surface area contributed by atoms with Crippen LogP contribution in [0.1, 0.15) is 38.2 Å².